The fraction of sp³-hybridized carbons (Fsp3) is 0.429. The standard InChI is InChI=1S/C13H12.C11H10.C7H8.C5H12.2C4H10.C3H8.C2H6/c1-11-7-9-13(10-8-11)12-5-3-2-4-6-12;1-9-5-4-7-10-6-2-3-8-11(9)10;1-7-5-3-2-4-6-7;1-3-5-4-2;1-4(2)3;1-3-4-2;1-3-2;1-2/h2-10H,1H3;2-8H,1H3;2-6H,1H3;3-5H2,1-2H3;4H,1-3H3;3-4H2,1-2H3;3H2,1-2H3;1-2H3. The lowest BCUT2D eigenvalue weighted by molar-refractivity contribution is 0.737. The third-order valence-corrected chi connectivity index (χ3v) is 6.31. The number of aryl methyl sites for hydroxylation is 3. The summed E-state index contributed by atoms with van der Waals surface area (Å²) in [5.74, 6) is 0.833. The van der Waals surface area contributed by atoms with Crippen LogP contribution in [0.25, 0.3) is 21.9 Å². The Balaban J connectivity index is -0.000000534. The van der Waals surface area contributed by atoms with Crippen LogP contribution in [0.5, 0.6) is 0 Å². The van der Waals surface area contributed by atoms with Crippen molar-refractivity contribution in [3.8, 4) is 11.1 Å². The van der Waals surface area contributed by atoms with Crippen molar-refractivity contribution < 1.29 is 0 Å². The molecule has 0 aliphatic carbocycles. The van der Waals surface area contributed by atoms with Gasteiger partial charge in [0, 0.05) is 0 Å². The second-order valence-electron chi connectivity index (χ2n) is 12.5. The SMILES string of the molecule is CC.CC(C)C.CCC.CCCC.CCCCC.Cc1ccc(-c2ccccc2)cc1.Cc1cccc2ccccc12.Cc1ccccc1. The smallest absolute Gasteiger partial charge is 0.0155 e. The number of hydrogen-bond donors (Lipinski definition) is 0. The molecule has 0 atom stereocenters. The quantitative estimate of drug-likeness (QED) is 0.179. The molecule has 272 valence electrons. The van der Waals surface area contributed by atoms with Crippen molar-refractivity contribution >= 4 is 10.8 Å². The molecule has 0 N–H and O–H groups in total. The van der Waals surface area contributed by atoms with Gasteiger partial charge in [-0.05, 0) is 54.2 Å². The number of benzene rings is 5. The minimum atomic E-state index is 0.833. The topological polar surface area (TPSA) is 0 Å². The normalized spacial score (nSPS) is 8.88. The van der Waals surface area contributed by atoms with Gasteiger partial charge in [0.2, 0.25) is 0 Å². The van der Waals surface area contributed by atoms with Crippen molar-refractivity contribution in [3.63, 3.8) is 0 Å². The molecule has 0 bridgehead atoms. The van der Waals surface area contributed by atoms with Crippen molar-refractivity contribution in [2.75, 3.05) is 0 Å². The predicted molar refractivity (Wildman–Crippen MR) is 230 cm³/mol. The molecule has 0 saturated carbocycles. The van der Waals surface area contributed by atoms with Gasteiger partial charge in [-0.25, -0.2) is 0 Å². The van der Waals surface area contributed by atoms with E-state index in [2.05, 4.69) is 186 Å². The number of rotatable bonds is 4. The summed E-state index contributed by atoms with van der Waals surface area (Å²) in [4.78, 5) is 0. The molecule has 0 aliphatic heterocycles. The van der Waals surface area contributed by atoms with Crippen molar-refractivity contribution in [1.29, 1.82) is 0 Å². The van der Waals surface area contributed by atoms with E-state index in [1.807, 2.05) is 38.1 Å². The van der Waals surface area contributed by atoms with Crippen molar-refractivity contribution in [2.45, 2.75) is 135 Å². The first-order chi connectivity index (χ1) is 23.6. The fourth-order valence-corrected chi connectivity index (χ4v) is 3.65. The minimum absolute atomic E-state index is 0.833. The molecular formula is C49H76. The molecule has 0 unspecified atom stereocenters. The molecular weight excluding hydrogens is 589 g/mol. The highest BCUT2D eigenvalue weighted by atomic mass is 14.0. The summed E-state index contributed by atoms with van der Waals surface area (Å²) in [6, 6.07) is 44.1. The molecule has 0 aliphatic rings. The number of hydrogen-bond acceptors (Lipinski definition) is 0. The van der Waals surface area contributed by atoms with Crippen LogP contribution < -0.4 is 0 Å². The van der Waals surface area contributed by atoms with Crippen molar-refractivity contribution in [1.82, 2.24) is 0 Å². The Bertz CT molecular complexity index is 1300. The maximum atomic E-state index is 2.21. The van der Waals surface area contributed by atoms with Gasteiger partial charge in [0.1, 0.15) is 0 Å². The molecule has 5 aromatic rings. The second kappa shape index (κ2) is 37.2. The highest BCUT2D eigenvalue weighted by Crippen LogP contribution is 2.19. The third-order valence-electron chi connectivity index (χ3n) is 6.31. The van der Waals surface area contributed by atoms with E-state index in [4.69, 9.17) is 0 Å². The van der Waals surface area contributed by atoms with E-state index in [1.165, 1.54) is 77.1 Å². The van der Waals surface area contributed by atoms with E-state index < -0.39 is 0 Å². The highest BCUT2D eigenvalue weighted by molar-refractivity contribution is 5.85. The zero-order valence-corrected chi connectivity index (χ0v) is 34.4. The lowest BCUT2D eigenvalue weighted by atomic mass is 10.0. The first-order valence-electron chi connectivity index (χ1n) is 19.2. The summed E-state index contributed by atoms with van der Waals surface area (Å²) in [6.45, 7) is 29.9. The van der Waals surface area contributed by atoms with Crippen LogP contribution in [0.4, 0.5) is 0 Å². The minimum Gasteiger partial charge on any atom is -0.0683 e. The monoisotopic (exact) mass is 665 g/mol. The van der Waals surface area contributed by atoms with Crippen molar-refractivity contribution in [3.05, 3.63) is 144 Å². The van der Waals surface area contributed by atoms with E-state index in [-0.39, 0.29) is 0 Å². The average Bonchev–Trinajstić information content (AvgIpc) is 3.12. The van der Waals surface area contributed by atoms with Gasteiger partial charge in [-0.15, -0.1) is 0 Å². The molecule has 0 heterocycles. The Morgan fingerprint density at radius 2 is 0.776 bits per heavy atom. The van der Waals surface area contributed by atoms with Crippen LogP contribution in [0.15, 0.2) is 127 Å². The van der Waals surface area contributed by atoms with Gasteiger partial charge >= 0.3 is 0 Å². The van der Waals surface area contributed by atoms with Crippen LogP contribution in [0.1, 0.15) is 131 Å². The largest absolute Gasteiger partial charge is 0.0683 e. The Hall–Kier alpha value is -3.64. The van der Waals surface area contributed by atoms with Crippen LogP contribution in [0.2, 0.25) is 0 Å². The predicted octanol–water partition coefficient (Wildman–Crippen LogP) is 16.9. The summed E-state index contributed by atoms with van der Waals surface area (Å²) in [6.07, 6.45) is 7.97. The highest BCUT2D eigenvalue weighted by Gasteiger charge is 1.94. The first-order valence-corrected chi connectivity index (χ1v) is 19.2. The molecule has 0 radical (unpaired) electrons. The molecule has 0 spiro atoms. The van der Waals surface area contributed by atoms with Gasteiger partial charge in [0.15, 0.2) is 0 Å². The number of unbranched alkanes of at least 4 members (excludes halogenated alkanes) is 3. The van der Waals surface area contributed by atoms with Gasteiger partial charge in [-0.3, -0.25) is 0 Å². The molecule has 49 heavy (non-hydrogen) atoms. The van der Waals surface area contributed by atoms with E-state index in [1.54, 1.807) is 0 Å². The van der Waals surface area contributed by atoms with Gasteiger partial charge in [-0.1, -0.05) is 253 Å². The average molecular weight is 665 g/mol. The molecule has 0 saturated heterocycles. The van der Waals surface area contributed by atoms with Crippen LogP contribution in [0.3, 0.4) is 0 Å². The van der Waals surface area contributed by atoms with Crippen LogP contribution in [-0.2, 0) is 0 Å². The summed E-state index contributed by atoms with van der Waals surface area (Å²) in [5, 5.41) is 2.68. The molecule has 0 amide bonds. The van der Waals surface area contributed by atoms with Gasteiger partial charge in [0.25, 0.3) is 0 Å². The Labute approximate surface area is 306 Å². The van der Waals surface area contributed by atoms with E-state index in [0.29, 0.717) is 0 Å². The molecule has 5 aromatic carbocycles. The van der Waals surface area contributed by atoms with Crippen LogP contribution in [-0.4, -0.2) is 0 Å². The Morgan fingerprint density at radius 3 is 1.14 bits per heavy atom. The van der Waals surface area contributed by atoms with Gasteiger partial charge in [-0.2, -0.15) is 0 Å². The van der Waals surface area contributed by atoms with Gasteiger partial charge in [0.05, 0.1) is 0 Å². The molecule has 0 fully saturated rings. The van der Waals surface area contributed by atoms with Gasteiger partial charge < -0.3 is 0 Å². The van der Waals surface area contributed by atoms with E-state index in [0.717, 1.165) is 5.92 Å². The zero-order valence-electron chi connectivity index (χ0n) is 34.4. The lowest BCUT2D eigenvalue weighted by Crippen LogP contribution is -1.76. The summed E-state index contributed by atoms with van der Waals surface area (Å²) >= 11 is 0. The summed E-state index contributed by atoms with van der Waals surface area (Å²) in [7, 11) is 0. The summed E-state index contributed by atoms with van der Waals surface area (Å²) < 4.78 is 0. The zero-order chi connectivity index (χ0) is 37.7. The Kier molecular flexibility index (Phi) is 37.7. The maximum absolute atomic E-state index is 2.21. The molecule has 0 heteroatoms. The van der Waals surface area contributed by atoms with E-state index in [9.17, 15) is 0 Å². The fourth-order valence-electron chi connectivity index (χ4n) is 3.65. The number of fused-ring (bicyclic) bond motifs is 1. The molecule has 0 aromatic heterocycles. The maximum Gasteiger partial charge on any atom is -0.0155 e. The van der Waals surface area contributed by atoms with Crippen molar-refractivity contribution in [2.24, 2.45) is 5.92 Å². The molecule has 0 nitrogen and oxygen atoms in total. The van der Waals surface area contributed by atoms with E-state index >= 15 is 0 Å². The summed E-state index contributed by atoms with van der Waals surface area (Å²) in [5.41, 5.74) is 6.54. The molecule has 5 rings (SSSR count). The first kappa shape index (κ1) is 49.7. The second-order valence-corrected chi connectivity index (χ2v) is 12.5. The van der Waals surface area contributed by atoms with Crippen LogP contribution in [0, 0.1) is 26.7 Å². The Morgan fingerprint density at radius 1 is 0.408 bits per heavy atom. The lowest BCUT2D eigenvalue weighted by Gasteiger charge is -2.00. The van der Waals surface area contributed by atoms with Crippen LogP contribution >= 0.6 is 0 Å². The third kappa shape index (κ3) is 31.4.